The molecule has 0 aromatic heterocycles. The van der Waals surface area contributed by atoms with Gasteiger partial charge in [0.05, 0.1) is 17.2 Å². The Morgan fingerprint density at radius 3 is 2.17 bits per heavy atom. The van der Waals surface area contributed by atoms with Crippen molar-refractivity contribution in [2.45, 2.75) is 38.0 Å². The van der Waals surface area contributed by atoms with Gasteiger partial charge in [-0.05, 0) is 38.5 Å². The Bertz CT molecular complexity index is 677. The second kappa shape index (κ2) is 7.08. The zero-order chi connectivity index (χ0) is 17.8. The van der Waals surface area contributed by atoms with Crippen LogP contribution < -0.4 is 5.32 Å². The lowest BCUT2D eigenvalue weighted by Gasteiger charge is -2.21. The number of amides is 1. The SMILES string of the molecule is CC(C)(C)S(=O)(=O)CC(=O)NC(CC(=O)O)c1ccc(F)cc1. The molecular formula is C15H20FNO5S. The molecule has 0 bridgehead atoms. The van der Waals surface area contributed by atoms with Crippen LogP contribution in [0.5, 0.6) is 0 Å². The standard InChI is InChI=1S/C15H20FNO5S/c1-15(2,3)23(21,22)9-13(18)17-12(8-14(19)20)10-4-6-11(16)7-5-10/h4-7,12H,8-9H2,1-3H3,(H,17,18)(H,19,20). The number of benzene rings is 1. The number of carboxylic acid groups (broad SMARTS) is 1. The average molecular weight is 345 g/mol. The summed E-state index contributed by atoms with van der Waals surface area (Å²) in [5.41, 5.74) is 0.385. The highest BCUT2D eigenvalue weighted by atomic mass is 32.2. The summed E-state index contributed by atoms with van der Waals surface area (Å²) in [7, 11) is -3.68. The molecule has 1 atom stereocenters. The molecular weight excluding hydrogens is 325 g/mol. The van der Waals surface area contributed by atoms with E-state index < -0.39 is 50.5 Å². The molecule has 1 unspecified atom stereocenters. The molecule has 1 amide bonds. The van der Waals surface area contributed by atoms with Gasteiger partial charge in [-0.1, -0.05) is 12.1 Å². The molecule has 2 N–H and O–H groups in total. The zero-order valence-corrected chi connectivity index (χ0v) is 14.0. The highest BCUT2D eigenvalue weighted by molar-refractivity contribution is 7.93. The second-order valence-corrected chi connectivity index (χ2v) is 8.88. The molecule has 1 aromatic carbocycles. The van der Waals surface area contributed by atoms with Crippen molar-refractivity contribution in [3.63, 3.8) is 0 Å². The van der Waals surface area contributed by atoms with Crippen molar-refractivity contribution in [2.75, 3.05) is 5.75 Å². The van der Waals surface area contributed by atoms with Crippen molar-refractivity contribution < 1.29 is 27.5 Å². The number of carboxylic acids is 1. The number of rotatable bonds is 6. The van der Waals surface area contributed by atoms with E-state index in [9.17, 15) is 22.4 Å². The van der Waals surface area contributed by atoms with Crippen molar-refractivity contribution in [1.29, 1.82) is 0 Å². The van der Waals surface area contributed by atoms with Crippen LogP contribution in [-0.2, 0) is 19.4 Å². The molecule has 23 heavy (non-hydrogen) atoms. The third-order valence-corrected chi connectivity index (χ3v) is 5.75. The van der Waals surface area contributed by atoms with E-state index in [-0.39, 0.29) is 0 Å². The summed E-state index contributed by atoms with van der Waals surface area (Å²) >= 11 is 0. The third-order valence-electron chi connectivity index (χ3n) is 3.24. The fourth-order valence-corrected chi connectivity index (χ4v) is 2.61. The first-order valence-corrected chi connectivity index (χ1v) is 8.56. The molecule has 1 rings (SSSR count). The Hall–Kier alpha value is -1.96. The first-order chi connectivity index (χ1) is 10.4. The Labute approximate surface area is 134 Å². The molecule has 0 spiro atoms. The zero-order valence-electron chi connectivity index (χ0n) is 13.2. The quantitative estimate of drug-likeness (QED) is 0.817. The van der Waals surface area contributed by atoms with Crippen LogP contribution in [0.25, 0.3) is 0 Å². The molecule has 0 heterocycles. The summed E-state index contributed by atoms with van der Waals surface area (Å²) in [5, 5.41) is 11.3. The van der Waals surface area contributed by atoms with Gasteiger partial charge < -0.3 is 10.4 Å². The Balaban J connectivity index is 2.92. The number of aliphatic carboxylic acids is 1. The van der Waals surface area contributed by atoms with E-state index in [1.54, 1.807) is 0 Å². The number of hydrogen-bond acceptors (Lipinski definition) is 4. The normalized spacial score (nSPS) is 13.4. The summed E-state index contributed by atoms with van der Waals surface area (Å²) in [6, 6.07) is 4.05. The maximum atomic E-state index is 12.9. The Morgan fingerprint density at radius 2 is 1.74 bits per heavy atom. The second-order valence-electron chi connectivity index (χ2n) is 6.14. The number of hydrogen-bond donors (Lipinski definition) is 2. The maximum Gasteiger partial charge on any atom is 0.305 e. The third kappa shape index (κ3) is 5.63. The molecule has 128 valence electrons. The van der Waals surface area contributed by atoms with Crippen LogP contribution >= 0.6 is 0 Å². The first kappa shape index (κ1) is 19.1. The first-order valence-electron chi connectivity index (χ1n) is 6.91. The fraction of sp³-hybridized carbons (Fsp3) is 0.467. The summed E-state index contributed by atoms with van der Waals surface area (Å²) in [5.74, 6) is -3.20. The largest absolute Gasteiger partial charge is 0.481 e. The van der Waals surface area contributed by atoms with Gasteiger partial charge in [0.15, 0.2) is 9.84 Å². The van der Waals surface area contributed by atoms with Crippen LogP contribution in [0.1, 0.15) is 38.8 Å². The number of sulfone groups is 1. The van der Waals surface area contributed by atoms with Gasteiger partial charge in [-0.15, -0.1) is 0 Å². The topological polar surface area (TPSA) is 101 Å². The van der Waals surface area contributed by atoms with Gasteiger partial charge in [-0.25, -0.2) is 12.8 Å². The molecule has 0 aliphatic heterocycles. The van der Waals surface area contributed by atoms with Crippen LogP contribution in [0, 0.1) is 5.82 Å². The molecule has 6 nitrogen and oxygen atoms in total. The number of halogens is 1. The summed E-state index contributed by atoms with van der Waals surface area (Å²) in [4.78, 5) is 22.9. The Morgan fingerprint density at radius 1 is 1.22 bits per heavy atom. The highest BCUT2D eigenvalue weighted by Gasteiger charge is 2.32. The number of nitrogens with one attached hydrogen (secondary N) is 1. The fourth-order valence-electron chi connectivity index (χ4n) is 1.75. The molecule has 0 aliphatic carbocycles. The summed E-state index contributed by atoms with van der Waals surface area (Å²) in [6.45, 7) is 4.43. The van der Waals surface area contributed by atoms with Crippen LogP contribution in [0.15, 0.2) is 24.3 Å². The van der Waals surface area contributed by atoms with Crippen molar-refractivity contribution in [3.8, 4) is 0 Å². The minimum atomic E-state index is -3.68. The van der Waals surface area contributed by atoms with E-state index in [2.05, 4.69) is 5.32 Å². The van der Waals surface area contributed by atoms with Crippen LogP contribution in [0.2, 0.25) is 0 Å². The monoisotopic (exact) mass is 345 g/mol. The highest BCUT2D eigenvalue weighted by Crippen LogP contribution is 2.19. The van der Waals surface area contributed by atoms with Gasteiger partial charge in [-0.3, -0.25) is 9.59 Å². The molecule has 0 fully saturated rings. The van der Waals surface area contributed by atoms with Crippen molar-refractivity contribution in [1.82, 2.24) is 5.32 Å². The van der Waals surface area contributed by atoms with Gasteiger partial charge in [0.2, 0.25) is 5.91 Å². The summed E-state index contributed by atoms with van der Waals surface area (Å²) in [6.07, 6.45) is -0.438. The van der Waals surface area contributed by atoms with E-state index >= 15 is 0 Å². The van der Waals surface area contributed by atoms with Gasteiger partial charge in [0.1, 0.15) is 11.6 Å². The number of carbonyl (C=O) groups excluding carboxylic acids is 1. The predicted octanol–water partition coefficient (Wildman–Crippen LogP) is 1.67. The Kier molecular flexibility index (Phi) is 5.87. The van der Waals surface area contributed by atoms with Gasteiger partial charge in [0, 0.05) is 0 Å². The molecule has 0 aliphatic rings. The van der Waals surface area contributed by atoms with Gasteiger partial charge in [-0.2, -0.15) is 0 Å². The smallest absolute Gasteiger partial charge is 0.305 e. The summed E-state index contributed by atoms with van der Waals surface area (Å²) < 4.78 is 35.9. The van der Waals surface area contributed by atoms with Crippen molar-refractivity contribution in [3.05, 3.63) is 35.6 Å². The minimum absolute atomic E-state index is 0.385. The van der Waals surface area contributed by atoms with Gasteiger partial charge >= 0.3 is 5.97 Å². The molecule has 1 aromatic rings. The number of carbonyl (C=O) groups is 2. The van der Waals surface area contributed by atoms with Crippen molar-refractivity contribution >= 4 is 21.7 Å². The molecule has 0 radical (unpaired) electrons. The molecule has 8 heteroatoms. The van der Waals surface area contributed by atoms with Crippen LogP contribution in [0.4, 0.5) is 4.39 Å². The van der Waals surface area contributed by atoms with Crippen LogP contribution in [0.3, 0.4) is 0 Å². The van der Waals surface area contributed by atoms with E-state index in [1.807, 2.05) is 0 Å². The van der Waals surface area contributed by atoms with E-state index in [0.29, 0.717) is 5.56 Å². The lowest BCUT2D eigenvalue weighted by atomic mass is 10.0. The van der Waals surface area contributed by atoms with E-state index in [1.165, 1.54) is 32.9 Å². The van der Waals surface area contributed by atoms with E-state index in [0.717, 1.165) is 12.1 Å². The van der Waals surface area contributed by atoms with Gasteiger partial charge in [0.25, 0.3) is 0 Å². The van der Waals surface area contributed by atoms with Crippen LogP contribution in [-0.4, -0.2) is 35.9 Å². The lowest BCUT2D eigenvalue weighted by Crippen LogP contribution is -2.40. The predicted molar refractivity (Wildman–Crippen MR) is 83.1 cm³/mol. The van der Waals surface area contributed by atoms with Crippen molar-refractivity contribution in [2.24, 2.45) is 0 Å². The van der Waals surface area contributed by atoms with E-state index in [4.69, 9.17) is 5.11 Å². The maximum absolute atomic E-state index is 12.9. The minimum Gasteiger partial charge on any atom is -0.481 e. The molecule has 0 saturated heterocycles. The molecule has 0 saturated carbocycles. The lowest BCUT2D eigenvalue weighted by molar-refractivity contribution is -0.137. The average Bonchev–Trinajstić information content (AvgIpc) is 2.36.